The van der Waals surface area contributed by atoms with E-state index in [4.69, 9.17) is 0 Å². The third kappa shape index (κ3) is 2.90. The largest absolute Gasteiger partial charge is 0.314 e. The fourth-order valence-corrected chi connectivity index (χ4v) is 1.88. The van der Waals surface area contributed by atoms with E-state index >= 15 is 0 Å². The Morgan fingerprint density at radius 2 is 2.10 bits per heavy atom. The summed E-state index contributed by atoms with van der Waals surface area (Å²) in [6, 6.07) is 0. The molecule has 0 atom stereocenters. The van der Waals surface area contributed by atoms with Crippen LogP contribution in [0.3, 0.4) is 0 Å². The maximum atomic E-state index is 3.34. The summed E-state index contributed by atoms with van der Waals surface area (Å²) in [4.78, 5) is 0. The lowest BCUT2D eigenvalue weighted by atomic mass is 10.4. The molecule has 0 radical (unpaired) electrons. The van der Waals surface area contributed by atoms with Gasteiger partial charge in [0, 0.05) is 31.9 Å². The number of hydrogen-bond acceptors (Lipinski definition) is 3. The number of rotatable bonds is 3. The molecule has 60 valence electrons. The quantitative estimate of drug-likeness (QED) is 0.619. The Kier molecular flexibility index (Phi) is 4.18. The predicted molar refractivity (Wildman–Crippen MR) is 47.2 cm³/mol. The van der Waals surface area contributed by atoms with E-state index in [1.54, 1.807) is 0 Å². The molecule has 1 heterocycles. The van der Waals surface area contributed by atoms with E-state index in [-0.39, 0.29) is 0 Å². The van der Waals surface area contributed by atoms with Gasteiger partial charge in [0.1, 0.15) is 0 Å². The van der Waals surface area contributed by atoms with Gasteiger partial charge >= 0.3 is 0 Å². The van der Waals surface area contributed by atoms with Crippen molar-refractivity contribution in [1.82, 2.24) is 9.62 Å². The van der Waals surface area contributed by atoms with Crippen LogP contribution in [0.15, 0.2) is 0 Å². The minimum atomic E-state index is 1.16. The van der Waals surface area contributed by atoms with Crippen LogP contribution >= 0.6 is 11.9 Å². The van der Waals surface area contributed by atoms with Gasteiger partial charge in [-0.2, -0.15) is 0 Å². The highest BCUT2D eigenvalue weighted by molar-refractivity contribution is 7.97. The summed E-state index contributed by atoms with van der Waals surface area (Å²) in [6.07, 6.45) is 1.29. The molecule has 0 amide bonds. The molecule has 3 heteroatoms. The van der Waals surface area contributed by atoms with Crippen molar-refractivity contribution in [3.05, 3.63) is 0 Å². The first-order valence-corrected chi connectivity index (χ1v) is 4.96. The zero-order valence-corrected chi connectivity index (χ0v) is 7.41. The van der Waals surface area contributed by atoms with Crippen molar-refractivity contribution in [3.63, 3.8) is 0 Å². The molecule has 0 aromatic heterocycles. The number of nitrogens with zero attached hydrogens (tertiary/aromatic N) is 1. The Morgan fingerprint density at radius 1 is 1.40 bits per heavy atom. The molecule has 1 aliphatic rings. The average molecular weight is 160 g/mol. The molecule has 1 rings (SSSR count). The molecule has 1 N–H and O–H groups in total. The van der Waals surface area contributed by atoms with Gasteiger partial charge < -0.3 is 5.32 Å². The molecule has 0 aromatic carbocycles. The molecule has 1 saturated heterocycles. The molecular formula is C7H16N2S. The summed E-state index contributed by atoms with van der Waals surface area (Å²) in [7, 11) is 0. The van der Waals surface area contributed by atoms with Gasteiger partial charge in [-0.05, 0) is 6.42 Å². The van der Waals surface area contributed by atoms with Crippen molar-refractivity contribution < 1.29 is 0 Å². The Morgan fingerprint density at radius 3 is 2.70 bits per heavy atom. The maximum Gasteiger partial charge on any atom is 0.0215 e. The first-order chi connectivity index (χ1) is 4.93. The van der Waals surface area contributed by atoms with Crippen LogP contribution < -0.4 is 5.32 Å². The third-order valence-electron chi connectivity index (χ3n) is 1.55. The normalized spacial score (nSPS) is 21.3. The number of hydrogen-bond donors (Lipinski definition) is 1. The third-order valence-corrected chi connectivity index (χ3v) is 2.88. The lowest BCUT2D eigenvalue weighted by Crippen LogP contribution is -2.39. The molecule has 0 bridgehead atoms. The van der Waals surface area contributed by atoms with E-state index in [1.807, 2.05) is 11.9 Å². The van der Waals surface area contributed by atoms with E-state index in [2.05, 4.69) is 16.5 Å². The SMILES string of the molecule is CCCSN1CCNCC1. The fraction of sp³-hybridized carbons (Fsp3) is 1.00. The van der Waals surface area contributed by atoms with Crippen LogP contribution in [0.2, 0.25) is 0 Å². The highest BCUT2D eigenvalue weighted by Crippen LogP contribution is 2.10. The fourth-order valence-electron chi connectivity index (χ4n) is 0.994. The predicted octanol–water partition coefficient (Wildman–Crippen LogP) is 0.950. The first-order valence-electron chi connectivity index (χ1n) is 4.02. The summed E-state index contributed by atoms with van der Waals surface area (Å²) >= 11 is 1.99. The molecule has 0 aliphatic carbocycles. The van der Waals surface area contributed by atoms with Crippen molar-refractivity contribution >= 4 is 11.9 Å². The monoisotopic (exact) mass is 160 g/mol. The van der Waals surface area contributed by atoms with Crippen LogP contribution in [-0.2, 0) is 0 Å². The van der Waals surface area contributed by atoms with Gasteiger partial charge in [-0.15, -0.1) is 0 Å². The minimum absolute atomic E-state index is 1.16. The molecule has 0 spiro atoms. The molecule has 0 aromatic rings. The lowest BCUT2D eigenvalue weighted by Gasteiger charge is -2.25. The highest BCUT2D eigenvalue weighted by atomic mass is 32.2. The van der Waals surface area contributed by atoms with Gasteiger partial charge in [-0.3, -0.25) is 0 Å². The summed E-state index contributed by atoms with van der Waals surface area (Å²) in [5.74, 6) is 1.28. The van der Waals surface area contributed by atoms with Gasteiger partial charge in [-0.25, -0.2) is 4.31 Å². The van der Waals surface area contributed by atoms with E-state index in [1.165, 1.54) is 25.3 Å². The van der Waals surface area contributed by atoms with Crippen molar-refractivity contribution in [1.29, 1.82) is 0 Å². The van der Waals surface area contributed by atoms with Gasteiger partial charge in [0.15, 0.2) is 0 Å². The summed E-state index contributed by atoms with van der Waals surface area (Å²) in [5, 5.41) is 3.34. The Hall–Kier alpha value is 0.270. The molecule has 1 fully saturated rings. The van der Waals surface area contributed by atoms with Crippen molar-refractivity contribution in [3.8, 4) is 0 Å². The van der Waals surface area contributed by atoms with E-state index in [9.17, 15) is 0 Å². The molecule has 0 saturated carbocycles. The van der Waals surface area contributed by atoms with Gasteiger partial charge in [-0.1, -0.05) is 18.9 Å². The molecule has 2 nitrogen and oxygen atoms in total. The second-order valence-electron chi connectivity index (χ2n) is 2.51. The van der Waals surface area contributed by atoms with Crippen molar-refractivity contribution in [2.45, 2.75) is 13.3 Å². The molecule has 0 unspecified atom stereocenters. The topological polar surface area (TPSA) is 15.3 Å². The van der Waals surface area contributed by atoms with Gasteiger partial charge in [0.05, 0.1) is 0 Å². The van der Waals surface area contributed by atoms with Crippen LogP contribution in [0.1, 0.15) is 13.3 Å². The lowest BCUT2D eigenvalue weighted by molar-refractivity contribution is 0.396. The van der Waals surface area contributed by atoms with Crippen LogP contribution in [0.25, 0.3) is 0 Å². The average Bonchev–Trinajstić information content (AvgIpc) is 2.03. The summed E-state index contributed by atoms with van der Waals surface area (Å²) < 4.78 is 2.46. The minimum Gasteiger partial charge on any atom is -0.314 e. The first kappa shape index (κ1) is 8.37. The van der Waals surface area contributed by atoms with E-state index in [0.29, 0.717) is 0 Å². The Balaban J connectivity index is 2.02. The van der Waals surface area contributed by atoms with E-state index in [0.717, 1.165) is 13.1 Å². The second-order valence-corrected chi connectivity index (χ2v) is 3.70. The van der Waals surface area contributed by atoms with E-state index < -0.39 is 0 Å². The second kappa shape index (κ2) is 4.99. The van der Waals surface area contributed by atoms with Gasteiger partial charge in [0.2, 0.25) is 0 Å². The number of nitrogens with one attached hydrogen (secondary N) is 1. The highest BCUT2D eigenvalue weighted by Gasteiger charge is 2.07. The van der Waals surface area contributed by atoms with Gasteiger partial charge in [0.25, 0.3) is 0 Å². The maximum absolute atomic E-state index is 3.34. The molecule has 10 heavy (non-hydrogen) atoms. The summed E-state index contributed by atoms with van der Waals surface area (Å²) in [6.45, 7) is 6.98. The van der Waals surface area contributed by atoms with Crippen molar-refractivity contribution in [2.24, 2.45) is 0 Å². The van der Waals surface area contributed by atoms with Crippen LogP contribution in [0, 0.1) is 0 Å². The summed E-state index contributed by atoms with van der Waals surface area (Å²) in [5.41, 5.74) is 0. The van der Waals surface area contributed by atoms with Crippen LogP contribution in [-0.4, -0.2) is 36.2 Å². The zero-order valence-electron chi connectivity index (χ0n) is 6.60. The number of piperazine rings is 1. The van der Waals surface area contributed by atoms with Crippen LogP contribution in [0.5, 0.6) is 0 Å². The standard InChI is InChI=1S/C7H16N2S/c1-2-7-10-9-5-3-8-4-6-9/h8H,2-7H2,1H3. The Labute approximate surface area is 67.5 Å². The molecule has 1 aliphatic heterocycles. The smallest absolute Gasteiger partial charge is 0.0215 e. The van der Waals surface area contributed by atoms with Crippen molar-refractivity contribution in [2.75, 3.05) is 31.9 Å². The zero-order chi connectivity index (χ0) is 7.23. The Bertz CT molecular complexity index is 81.7. The molecular weight excluding hydrogens is 144 g/mol. The van der Waals surface area contributed by atoms with Crippen LogP contribution in [0.4, 0.5) is 0 Å².